The molecule has 0 saturated heterocycles. The number of rotatable bonds is 3. The molecule has 0 radical (unpaired) electrons. The number of carbonyl (C=O) groups excluding carboxylic acids is 1. The second kappa shape index (κ2) is 6.09. The normalized spacial score (nSPS) is 16.3. The lowest BCUT2D eigenvalue weighted by molar-refractivity contribution is 0.0760. The maximum atomic E-state index is 12.3. The Labute approximate surface area is 115 Å². The van der Waals surface area contributed by atoms with E-state index in [-0.39, 0.29) is 11.7 Å². The quantitative estimate of drug-likeness (QED) is 0.906. The van der Waals surface area contributed by atoms with Crippen molar-refractivity contribution < 1.29 is 9.90 Å². The first-order chi connectivity index (χ1) is 9.08. The van der Waals surface area contributed by atoms with Crippen molar-refractivity contribution >= 4 is 5.91 Å². The molecule has 1 aromatic rings. The molecule has 1 N–H and O–H groups in total. The third kappa shape index (κ3) is 3.49. The van der Waals surface area contributed by atoms with Gasteiger partial charge in [-0.15, -0.1) is 0 Å². The number of phenols is 1. The second-order valence-electron chi connectivity index (χ2n) is 5.69. The summed E-state index contributed by atoms with van der Waals surface area (Å²) in [5.74, 6) is 0.833. The summed E-state index contributed by atoms with van der Waals surface area (Å²) >= 11 is 0. The molecule has 104 valence electrons. The molecule has 0 bridgehead atoms. The largest absolute Gasteiger partial charge is 0.508 e. The van der Waals surface area contributed by atoms with E-state index in [2.05, 4.69) is 0 Å². The Morgan fingerprint density at radius 2 is 2.00 bits per heavy atom. The lowest BCUT2D eigenvalue weighted by atomic mass is 9.89. The standard InChI is InChI=1S/C16H23NO2/c1-12-8-9-14(10-15(12)18)16(19)17(2)11-13-6-4-3-5-7-13/h8-10,13,18H,3-7,11H2,1-2H3. The van der Waals surface area contributed by atoms with Gasteiger partial charge in [0.1, 0.15) is 5.75 Å². The molecule has 0 heterocycles. The summed E-state index contributed by atoms with van der Waals surface area (Å²) in [7, 11) is 1.86. The number of aryl methyl sites for hydroxylation is 1. The first-order valence-electron chi connectivity index (χ1n) is 7.13. The van der Waals surface area contributed by atoms with Gasteiger partial charge in [0.05, 0.1) is 0 Å². The number of benzene rings is 1. The zero-order chi connectivity index (χ0) is 13.8. The topological polar surface area (TPSA) is 40.5 Å². The number of aromatic hydroxyl groups is 1. The van der Waals surface area contributed by atoms with Crippen LogP contribution in [0.2, 0.25) is 0 Å². The molecular formula is C16H23NO2. The third-order valence-electron chi connectivity index (χ3n) is 4.06. The Hall–Kier alpha value is -1.51. The van der Waals surface area contributed by atoms with Crippen LogP contribution in [0.15, 0.2) is 18.2 Å². The first kappa shape index (κ1) is 13.9. The lowest BCUT2D eigenvalue weighted by Gasteiger charge is -2.27. The van der Waals surface area contributed by atoms with Crippen molar-refractivity contribution in [1.82, 2.24) is 4.90 Å². The Morgan fingerprint density at radius 3 is 2.63 bits per heavy atom. The van der Waals surface area contributed by atoms with Gasteiger partial charge in [-0.05, 0) is 43.4 Å². The van der Waals surface area contributed by atoms with E-state index in [1.807, 2.05) is 14.0 Å². The smallest absolute Gasteiger partial charge is 0.253 e. The van der Waals surface area contributed by atoms with Gasteiger partial charge in [0.25, 0.3) is 5.91 Å². The molecule has 1 aliphatic carbocycles. The van der Waals surface area contributed by atoms with Crippen LogP contribution in [0.25, 0.3) is 0 Å². The fraction of sp³-hybridized carbons (Fsp3) is 0.562. The Bertz CT molecular complexity index is 450. The highest BCUT2D eigenvalue weighted by Gasteiger charge is 2.19. The van der Waals surface area contributed by atoms with Crippen molar-refractivity contribution in [3.8, 4) is 5.75 Å². The predicted molar refractivity (Wildman–Crippen MR) is 76.4 cm³/mol. The summed E-state index contributed by atoms with van der Waals surface area (Å²) in [6.45, 7) is 2.66. The summed E-state index contributed by atoms with van der Waals surface area (Å²) in [5, 5.41) is 9.68. The van der Waals surface area contributed by atoms with Crippen LogP contribution in [0.5, 0.6) is 5.75 Å². The molecule has 3 nitrogen and oxygen atoms in total. The number of amides is 1. The number of carbonyl (C=O) groups is 1. The Balaban J connectivity index is 1.99. The number of hydrogen-bond acceptors (Lipinski definition) is 2. The Morgan fingerprint density at radius 1 is 1.32 bits per heavy atom. The summed E-state index contributed by atoms with van der Waals surface area (Å²) < 4.78 is 0. The van der Waals surface area contributed by atoms with E-state index in [0.29, 0.717) is 11.5 Å². The van der Waals surface area contributed by atoms with Gasteiger partial charge in [-0.1, -0.05) is 25.3 Å². The lowest BCUT2D eigenvalue weighted by Crippen LogP contribution is -2.32. The molecule has 0 unspecified atom stereocenters. The molecule has 3 heteroatoms. The highest BCUT2D eigenvalue weighted by atomic mass is 16.3. The minimum Gasteiger partial charge on any atom is -0.508 e. The van der Waals surface area contributed by atoms with Gasteiger partial charge in [0.15, 0.2) is 0 Å². The maximum absolute atomic E-state index is 12.3. The van der Waals surface area contributed by atoms with E-state index in [1.54, 1.807) is 23.1 Å². The van der Waals surface area contributed by atoms with Crippen LogP contribution in [-0.2, 0) is 0 Å². The van der Waals surface area contributed by atoms with Gasteiger partial charge in [-0.25, -0.2) is 0 Å². The highest BCUT2D eigenvalue weighted by molar-refractivity contribution is 5.94. The zero-order valence-electron chi connectivity index (χ0n) is 11.9. The van der Waals surface area contributed by atoms with Crippen molar-refractivity contribution in [3.63, 3.8) is 0 Å². The molecule has 1 fully saturated rings. The first-order valence-corrected chi connectivity index (χ1v) is 7.13. The third-order valence-corrected chi connectivity index (χ3v) is 4.06. The predicted octanol–water partition coefficient (Wildman–Crippen LogP) is 3.35. The minimum absolute atomic E-state index is 0.000809. The van der Waals surface area contributed by atoms with Crippen LogP contribution in [-0.4, -0.2) is 29.5 Å². The van der Waals surface area contributed by atoms with E-state index >= 15 is 0 Å². The van der Waals surface area contributed by atoms with E-state index in [4.69, 9.17) is 0 Å². The average Bonchev–Trinajstić information content (AvgIpc) is 2.42. The zero-order valence-corrected chi connectivity index (χ0v) is 11.9. The molecule has 1 aliphatic rings. The molecule has 2 rings (SSSR count). The van der Waals surface area contributed by atoms with E-state index < -0.39 is 0 Å². The van der Waals surface area contributed by atoms with Crippen molar-refractivity contribution in [2.75, 3.05) is 13.6 Å². The van der Waals surface area contributed by atoms with Gasteiger partial charge in [-0.2, -0.15) is 0 Å². The molecule has 0 atom stereocenters. The monoisotopic (exact) mass is 261 g/mol. The van der Waals surface area contributed by atoms with E-state index in [0.717, 1.165) is 12.1 Å². The van der Waals surface area contributed by atoms with Crippen LogP contribution in [0.1, 0.15) is 48.0 Å². The molecule has 1 amide bonds. The molecule has 19 heavy (non-hydrogen) atoms. The van der Waals surface area contributed by atoms with Gasteiger partial charge < -0.3 is 10.0 Å². The van der Waals surface area contributed by atoms with E-state index in [9.17, 15) is 9.90 Å². The molecular weight excluding hydrogens is 238 g/mol. The summed E-state index contributed by atoms with van der Waals surface area (Å²) in [6, 6.07) is 5.14. The van der Waals surface area contributed by atoms with Gasteiger partial charge in [-0.3, -0.25) is 4.79 Å². The summed E-state index contributed by atoms with van der Waals surface area (Å²) in [6.07, 6.45) is 6.38. The van der Waals surface area contributed by atoms with Crippen molar-refractivity contribution in [2.45, 2.75) is 39.0 Å². The highest BCUT2D eigenvalue weighted by Crippen LogP contribution is 2.25. The van der Waals surface area contributed by atoms with Gasteiger partial charge >= 0.3 is 0 Å². The molecule has 1 aromatic carbocycles. The SMILES string of the molecule is Cc1ccc(C(=O)N(C)CC2CCCCC2)cc1O. The van der Waals surface area contributed by atoms with Crippen LogP contribution < -0.4 is 0 Å². The molecule has 1 saturated carbocycles. The fourth-order valence-corrected chi connectivity index (χ4v) is 2.80. The second-order valence-corrected chi connectivity index (χ2v) is 5.69. The summed E-state index contributed by atoms with van der Waals surface area (Å²) in [5.41, 5.74) is 1.37. The van der Waals surface area contributed by atoms with Gasteiger partial charge in [0.2, 0.25) is 0 Å². The van der Waals surface area contributed by atoms with Crippen LogP contribution in [0.4, 0.5) is 0 Å². The molecule has 0 spiro atoms. The van der Waals surface area contributed by atoms with Crippen LogP contribution in [0, 0.1) is 12.8 Å². The minimum atomic E-state index is 0.000809. The molecule has 0 aliphatic heterocycles. The van der Waals surface area contributed by atoms with Crippen molar-refractivity contribution in [3.05, 3.63) is 29.3 Å². The van der Waals surface area contributed by atoms with Crippen molar-refractivity contribution in [2.24, 2.45) is 5.92 Å². The van der Waals surface area contributed by atoms with Crippen LogP contribution >= 0.6 is 0 Å². The number of hydrogen-bond donors (Lipinski definition) is 1. The number of nitrogens with zero attached hydrogens (tertiary/aromatic N) is 1. The fourth-order valence-electron chi connectivity index (χ4n) is 2.80. The average molecular weight is 261 g/mol. The summed E-state index contributed by atoms with van der Waals surface area (Å²) in [4.78, 5) is 14.1. The molecule has 0 aromatic heterocycles. The Kier molecular flexibility index (Phi) is 4.46. The van der Waals surface area contributed by atoms with E-state index in [1.165, 1.54) is 32.1 Å². The maximum Gasteiger partial charge on any atom is 0.253 e. The van der Waals surface area contributed by atoms with Crippen LogP contribution in [0.3, 0.4) is 0 Å². The van der Waals surface area contributed by atoms with Crippen molar-refractivity contribution in [1.29, 1.82) is 0 Å². The van der Waals surface area contributed by atoms with Gasteiger partial charge in [0, 0.05) is 19.2 Å². The number of phenolic OH excluding ortho intramolecular Hbond substituents is 1.